The van der Waals surface area contributed by atoms with Gasteiger partial charge in [-0.3, -0.25) is 19.6 Å². The lowest BCUT2D eigenvalue weighted by atomic mass is 10.1. The van der Waals surface area contributed by atoms with E-state index in [4.69, 9.17) is 0 Å². The van der Waals surface area contributed by atoms with E-state index in [2.05, 4.69) is 14.8 Å². The molecule has 2 aliphatic rings. The summed E-state index contributed by atoms with van der Waals surface area (Å²) in [6.45, 7) is 7.37. The number of benzene rings is 1. The van der Waals surface area contributed by atoms with Gasteiger partial charge in [-0.05, 0) is 37.1 Å². The van der Waals surface area contributed by atoms with Crippen LogP contribution in [-0.4, -0.2) is 59.0 Å². The first-order valence-corrected chi connectivity index (χ1v) is 10.5. The normalized spacial score (nSPS) is 19.1. The molecule has 1 aromatic carbocycles. The Morgan fingerprint density at radius 1 is 1.10 bits per heavy atom. The summed E-state index contributed by atoms with van der Waals surface area (Å²) < 4.78 is 13.1. The van der Waals surface area contributed by atoms with Gasteiger partial charge in [-0.25, -0.2) is 4.39 Å². The number of pyridine rings is 1. The number of halogens is 1. The molecule has 0 atom stereocenters. The van der Waals surface area contributed by atoms with Crippen LogP contribution in [0.5, 0.6) is 0 Å². The van der Waals surface area contributed by atoms with Gasteiger partial charge in [0, 0.05) is 56.9 Å². The van der Waals surface area contributed by atoms with Crippen molar-refractivity contribution >= 4 is 11.6 Å². The molecule has 1 aromatic heterocycles. The lowest BCUT2D eigenvalue weighted by Gasteiger charge is -2.41. The molecule has 6 heteroatoms. The monoisotopic (exact) mass is 396 g/mol. The Morgan fingerprint density at radius 3 is 2.41 bits per heavy atom. The fourth-order valence-electron chi connectivity index (χ4n) is 4.24. The van der Waals surface area contributed by atoms with Crippen LogP contribution in [0.15, 0.2) is 48.7 Å². The van der Waals surface area contributed by atoms with Crippen LogP contribution in [0.4, 0.5) is 10.1 Å². The predicted octanol–water partition coefficient (Wildman–Crippen LogP) is 3.31. The standard InChI is InChI=1S/C23H29FN4O/c1-2-22(29)28(21-6-4-3-5-7-21)18-23(10-11-23)27-14-12-26(13-15-27)17-20-9-8-19(24)16-25-20/h3-9,16H,2,10-15,17-18H2,1H3. The third kappa shape index (κ3) is 4.65. The fraction of sp³-hybridized carbons (Fsp3) is 0.478. The van der Waals surface area contributed by atoms with E-state index in [0.717, 1.165) is 63.5 Å². The molecular weight excluding hydrogens is 367 g/mol. The van der Waals surface area contributed by atoms with Crippen molar-refractivity contribution in [1.29, 1.82) is 0 Å². The highest BCUT2D eigenvalue weighted by Crippen LogP contribution is 2.43. The van der Waals surface area contributed by atoms with E-state index in [1.165, 1.54) is 12.3 Å². The largest absolute Gasteiger partial charge is 0.311 e. The van der Waals surface area contributed by atoms with Crippen LogP contribution >= 0.6 is 0 Å². The minimum Gasteiger partial charge on any atom is -0.311 e. The number of hydrogen-bond acceptors (Lipinski definition) is 4. The van der Waals surface area contributed by atoms with E-state index in [0.29, 0.717) is 6.42 Å². The molecule has 1 saturated carbocycles. The molecule has 1 aliphatic carbocycles. The number of anilines is 1. The first kappa shape index (κ1) is 20.0. The van der Waals surface area contributed by atoms with E-state index in [1.54, 1.807) is 6.07 Å². The van der Waals surface area contributed by atoms with E-state index in [1.807, 2.05) is 42.2 Å². The third-order valence-corrected chi connectivity index (χ3v) is 6.17. The number of amides is 1. The van der Waals surface area contributed by atoms with Crippen molar-refractivity contribution in [3.05, 3.63) is 60.2 Å². The minimum atomic E-state index is -0.293. The maximum Gasteiger partial charge on any atom is 0.226 e. The van der Waals surface area contributed by atoms with E-state index in [-0.39, 0.29) is 17.3 Å². The molecule has 1 amide bonds. The second kappa shape index (κ2) is 8.59. The second-order valence-corrected chi connectivity index (χ2v) is 8.12. The summed E-state index contributed by atoms with van der Waals surface area (Å²) in [5.74, 6) is -0.109. The van der Waals surface area contributed by atoms with Crippen molar-refractivity contribution in [3.63, 3.8) is 0 Å². The summed E-state index contributed by atoms with van der Waals surface area (Å²) in [5, 5.41) is 0. The van der Waals surface area contributed by atoms with Gasteiger partial charge in [0.1, 0.15) is 5.82 Å². The average molecular weight is 397 g/mol. The number of aromatic nitrogens is 1. The van der Waals surface area contributed by atoms with Gasteiger partial charge in [0.25, 0.3) is 0 Å². The Morgan fingerprint density at radius 2 is 1.83 bits per heavy atom. The second-order valence-electron chi connectivity index (χ2n) is 8.12. The highest BCUT2D eigenvalue weighted by atomic mass is 19.1. The zero-order valence-corrected chi connectivity index (χ0v) is 17.1. The van der Waals surface area contributed by atoms with E-state index < -0.39 is 0 Å². The summed E-state index contributed by atoms with van der Waals surface area (Å²) in [5.41, 5.74) is 2.01. The van der Waals surface area contributed by atoms with Crippen LogP contribution in [0.3, 0.4) is 0 Å². The Bertz CT molecular complexity index is 815. The number of para-hydroxylation sites is 1. The van der Waals surface area contributed by atoms with Gasteiger partial charge in [-0.15, -0.1) is 0 Å². The smallest absolute Gasteiger partial charge is 0.226 e. The molecule has 29 heavy (non-hydrogen) atoms. The van der Waals surface area contributed by atoms with Gasteiger partial charge in [0.2, 0.25) is 5.91 Å². The lowest BCUT2D eigenvalue weighted by molar-refractivity contribution is -0.118. The molecule has 5 nitrogen and oxygen atoms in total. The zero-order valence-electron chi connectivity index (χ0n) is 17.1. The Balaban J connectivity index is 1.37. The molecule has 4 rings (SSSR count). The molecule has 2 fully saturated rings. The van der Waals surface area contributed by atoms with Gasteiger partial charge in [-0.2, -0.15) is 0 Å². The highest BCUT2D eigenvalue weighted by molar-refractivity contribution is 5.93. The highest BCUT2D eigenvalue weighted by Gasteiger charge is 2.50. The Hall–Kier alpha value is -2.31. The van der Waals surface area contributed by atoms with Crippen LogP contribution in [-0.2, 0) is 11.3 Å². The third-order valence-electron chi connectivity index (χ3n) is 6.17. The minimum absolute atomic E-state index is 0.112. The van der Waals surface area contributed by atoms with Crippen LogP contribution < -0.4 is 4.90 Å². The molecule has 1 saturated heterocycles. The van der Waals surface area contributed by atoms with Crippen molar-refractivity contribution in [2.75, 3.05) is 37.6 Å². The molecule has 0 unspecified atom stereocenters. The van der Waals surface area contributed by atoms with Crippen molar-refractivity contribution in [2.24, 2.45) is 0 Å². The molecule has 2 heterocycles. The molecular formula is C23H29FN4O. The van der Waals surface area contributed by atoms with Crippen molar-refractivity contribution in [2.45, 2.75) is 38.3 Å². The summed E-state index contributed by atoms with van der Waals surface area (Å²) in [6, 6.07) is 13.3. The quantitative estimate of drug-likeness (QED) is 0.720. The fourth-order valence-corrected chi connectivity index (χ4v) is 4.24. The van der Waals surface area contributed by atoms with Crippen LogP contribution in [0.25, 0.3) is 0 Å². The summed E-state index contributed by atoms with van der Waals surface area (Å²) >= 11 is 0. The number of nitrogens with zero attached hydrogens (tertiary/aromatic N) is 4. The number of carbonyl (C=O) groups excluding carboxylic acids is 1. The van der Waals surface area contributed by atoms with E-state index >= 15 is 0 Å². The average Bonchev–Trinajstić information content (AvgIpc) is 3.55. The van der Waals surface area contributed by atoms with Gasteiger partial charge >= 0.3 is 0 Å². The lowest BCUT2D eigenvalue weighted by Crippen LogP contribution is -2.55. The van der Waals surface area contributed by atoms with E-state index in [9.17, 15) is 9.18 Å². The number of rotatable bonds is 7. The number of piperazine rings is 1. The zero-order chi connectivity index (χ0) is 20.3. The van der Waals surface area contributed by atoms with Gasteiger partial charge in [-0.1, -0.05) is 25.1 Å². The van der Waals surface area contributed by atoms with Crippen LogP contribution in [0.1, 0.15) is 31.9 Å². The molecule has 2 aromatic rings. The van der Waals surface area contributed by atoms with Crippen molar-refractivity contribution < 1.29 is 9.18 Å². The van der Waals surface area contributed by atoms with Gasteiger partial charge in [0.15, 0.2) is 0 Å². The van der Waals surface area contributed by atoms with Crippen LogP contribution in [0.2, 0.25) is 0 Å². The summed E-state index contributed by atoms with van der Waals surface area (Å²) in [6.07, 6.45) is 4.09. The molecule has 0 radical (unpaired) electrons. The predicted molar refractivity (Wildman–Crippen MR) is 112 cm³/mol. The molecule has 0 N–H and O–H groups in total. The summed E-state index contributed by atoms with van der Waals surface area (Å²) in [4.78, 5) is 23.7. The SMILES string of the molecule is CCC(=O)N(CC1(N2CCN(Cc3ccc(F)cn3)CC2)CC1)c1ccccc1. The van der Waals surface area contributed by atoms with Crippen molar-refractivity contribution in [3.8, 4) is 0 Å². The first-order valence-electron chi connectivity index (χ1n) is 10.5. The van der Waals surface area contributed by atoms with Crippen molar-refractivity contribution in [1.82, 2.24) is 14.8 Å². The summed E-state index contributed by atoms with van der Waals surface area (Å²) in [7, 11) is 0. The van der Waals surface area contributed by atoms with Crippen LogP contribution in [0, 0.1) is 5.82 Å². The molecule has 1 aliphatic heterocycles. The van der Waals surface area contributed by atoms with Gasteiger partial charge < -0.3 is 4.90 Å². The van der Waals surface area contributed by atoms with Gasteiger partial charge in [0.05, 0.1) is 11.9 Å². The molecule has 0 bridgehead atoms. The molecule has 0 spiro atoms. The number of carbonyl (C=O) groups is 1. The maximum atomic E-state index is 13.1. The maximum absolute atomic E-state index is 13.1. The first-order chi connectivity index (χ1) is 14.1. The topological polar surface area (TPSA) is 39.7 Å². The Kier molecular flexibility index (Phi) is 5.92. The number of hydrogen-bond donors (Lipinski definition) is 0. The molecule has 154 valence electrons. The Labute approximate surface area is 172 Å².